The van der Waals surface area contributed by atoms with Crippen molar-refractivity contribution < 1.29 is 4.74 Å². The summed E-state index contributed by atoms with van der Waals surface area (Å²) in [5.74, 6) is 2.13. The van der Waals surface area contributed by atoms with Gasteiger partial charge >= 0.3 is 6.01 Å². The Kier molecular flexibility index (Phi) is 5.59. The molecule has 21 heavy (non-hydrogen) atoms. The molecule has 1 aliphatic heterocycles. The van der Waals surface area contributed by atoms with Gasteiger partial charge in [0.2, 0.25) is 11.9 Å². The van der Waals surface area contributed by atoms with Gasteiger partial charge in [-0.2, -0.15) is 15.0 Å². The SMILES string of the molecule is CCCC1CCN(c2nc(NC)nc(OC(C)C)n2)CC1. The zero-order valence-electron chi connectivity index (χ0n) is 13.6. The molecule has 6 nitrogen and oxygen atoms in total. The van der Waals surface area contributed by atoms with Crippen LogP contribution in [0.1, 0.15) is 46.5 Å². The predicted octanol–water partition coefficient (Wildman–Crippen LogP) is 2.72. The van der Waals surface area contributed by atoms with E-state index in [4.69, 9.17) is 4.74 Å². The van der Waals surface area contributed by atoms with Crippen LogP contribution < -0.4 is 15.0 Å². The van der Waals surface area contributed by atoms with E-state index in [0.717, 1.165) is 25.0 Å². The number of hydrogen-bond donors (Lipinski definition) is 1. The highest BCUT2D eigenvalue weighted by molar-refractivity contribution is 5.38. The number of rotatable bonds is 6. The third-order valence-corrected chi connectivity index (χ3v) is 3.76. The van der Waals surface area contributed by atoms with Crippen LogP contribution in [0, 0.1) is 5.92 Å². The lowest BCUT2D eigenvalue weighted by Gasteiger charge is -2.32. The average molecular weight is 293 g/mol. The quantitative estimate of drug-likeness (QED) is 0.870. The van der Waals surface area contributed by atoms with Crippen molar-refractivity contribution in [3.8, 4) is 6.01 Å². The fourth-order valence-electron chi connectivity index (χ4n) is 2.69. The van der Waals surface area contributed by atoms with Gasteiger partial charge < -0.3 is 15.0 Å². The molecule has 0 bridgehead atoms. The van der Waals surface area contributed by atoms with Gasteiger partial charge in [-0.05, 0) is 32.6 Å². The third kappa shape index (κ3) is 4.44. The van der Waals surface area contributed by atoms with E-state index < -0.39 is 0 Å². The molecule has 1 fully saturated rings. The summed E-state index contributed by atoms with van der Waals surface area (Å²) >= 11 is 0. The van der Waals surface area contributed by atoms with E-state index >= 15 is 0 Å². The Labute approximate surface area is 127 Å². The number of piperidine rings is 1. The average Bonchev–Trinajstić information content (AvgIpc) is 2.47. The molecule has 0 spiro atoms. The van der Waals surface area contributed by atoms with Crippen LogP contribution in [0.5, 0.6) is 6.01 Å². The molecular formula is C15H27N5O. The van der Waals surface area contributed by atoms with Gasteiger partial charge in [0.05, 0.1) is 6.10 Å². The molecule has 1 aromatic heterocycles. The molecule has 1 aliphatic rings. The van der Waals surface area contributed by atoms with Gasteiger partial charge in [0, 0.05) is 20.1 Å². The second-order valence-corrected chi connectivity index (χ2v) is 5.88. The monoisotopic (exact) mass is 293 g/mol. The maximum atomic E-state index is 5.62. The zero-order chi connectivity index (χ0) is 15.2. The van der Waals surface area contributed by atoms with E-state index in [1.807, 2.05) is 20.9 Å². The number of aromatic nitrogens is 3. The van der Waals surface area contributed by atoms with Crippen LogP contribution in [0.25, 0.3) is 0 Å². The fourth-order valence-corrected chi connectivity index (χ4v) is 2.69. The van der Waals surface area contributed by atoms with E-state index in [2.05, 4.69) is 32.1 Å². The van der Waals surface area contributed by atoms with Crippen molar-refractivity contribution in [1.82, 2.24) is 15.0 Å². The Morgan fingerprint density at radius 2 is 1.95 bits per heavy atom. The lowest BCUT2D eigenvalue weighted by Crippen LogP contribution is -2.35. The normalized spacial score (nSPS) is 16.3. The van der Waals surface area contributed by atoms with Gasteiger partial charge in [-0.3, -0.25) is 0 Å². The first-order chi connectivity index (χ1) is 10.1. The Morgan fingerprint density at radius 3 is 2.52 bits per heavy atom. The van der Waals surface area contributed by atoms with Gasteiger partial charge in [0.15, 0.2) is 0 Å². The number of anilines is 2. The molecule has 2 rings (SSSR count). The maximum Gasteiger partial charge on any atom is 0.323 e. The summed E-state index contributed by atoms with van der Waals surface area (Å²) in [7, 11) is 1.81. The third-order valence-electron chi connectivity index (χ3n) is 3.76. The summed E-state index contributed by atoms with van der Waals surface area (Å²) in [6.07, 6.45) is 5.09. The molecule has 2 heterocycles. The van der Waals surface area contributed by atoms with Crippen molar-refractivity contribution >= 4 is 11.9 Å². The molecule has 1 N–H and O–H groups in total. The molecular weight excluding hydrogens is 266 g/mol. The summed E-state index contributed by atoms with van der Waals surface area (Å²) in [4.78, 5) is 15.4. The van der Waals surface area contributed by atoms with Gasteiger partial charge in [-0.15, -0.1) is 0 Å². The van der Waals surface area contributed by atoms with Crippen molar-refractivity contribution in [3.63, 3.8) is 0 Å². The number of ether oxygens (including phenoxy) is 1. The van der Waals surface area contributed by atoms with Gasteiger partial charge in [-0.1, -0.05) is 19.8 Å². The molecule has 0 amide bonds. The van der Waals surface area contributed by atoms with Crippen LogP contribution in [0.3, 0.4) is 0 Å². The highest BCUT2D eigenvalue weighted by Crippen LogP contribution is 2.25. The minimum atomic E-state index is 0.0558. The Morgan fingerprint density at radius 1 is 1.24 bits per heavy atom. The molecule has 0 unspecified atom stereocenters. The smallest absolute Gasteiger partial charge is 0.323 e. The Balaban J connectivity index is 2.08. The van der Waals surface area contributed by atoms with Crippen molar-refractivity contribution in [2.24, 2.45) is 5.92 Å². The van der Waals surface area contributed by atoms with Crippen LogP contribution in [-0.4, -0.2) is 41.2 Å². The van der Waals surface area contributed by atoms with Gasteiger partial charge in [-0.25, -0.2) is 0 Å². The summed E-state index contributed by atoms with van der Waals surface area (Å²) in [5.41, 5.74) is 0. The molecule has 0 radical (unpaired) electrons. The molecule has 6 heteroatoms. The first-order valence-electron chi connectivity index (χ1n) is 7.97. The van der Waals surface area contributed by atoms with Crippen molar-refractivity contribution in [2.45, 2.75) is 52.6 Å². The molecule has 0 atom stereocenters. The van der Waals surface area contributed by atoms with E-state index in [-0.39, 0.29) is 6.10 Å². The first kappa shape index (κ1) is 15.8. The lowest BCUT2D eigenvalue weighted by molar-refractivity contribution is 0.222. The Bertz CT molecular complexity index is 444. The van der Waals surface area contributed by atoms with Crippen molar-refractivity contribution in [2.75, 3.05) is 30.4 Å². The van der Waals surface area contributed by atoms with Crippen LogP contribution in [0.4, 0.5) is 11.9 Å². The number of nitrogens with one attached hydrogen (secondary N) is 1. The maximum absolute atomic E-state index is 5.62. The van der Waals surface area contributed by atoms with Crippen LogP contribution in [0.15, 0.2) is 0 Å². The fraction of sp³-hybridized carbons (Fsp3) is 0.800. The van der Waals surface area contributed by atoms with Crippen LogP contribution in [0.2, 0.25) is 0 Å². The highest BCUT2D eigenvalue weighted by Gasteiger charge is 2.21. The summed E-state index contributed by atoms with van der Waals surface area (Å²) in [6.45, 7) is 8.22. The predicted molar refractivity (Wildman–Crippen MR) is 85.0 cm³/mol. The number of hydrogen-bond acceptors (Lipinski definition) is 6. The minimum absolute atomic E-state index is 0.0558. The lowest BCUT2D eigenvalue weighted by atomic mass is 9.93. The van der Waals surface area contributed by atoms with Crippen molar-refractivity contribution in [3.05, 3.63) is 0 Å². The van der Waals surface area contributed by atoms with E-state index in [1.54, 1.807) is 0 Å². The van der Waals surface area contributed by atoms with E-state index in [1.165, 1.54) is 25.7 Å². The molecule has 1 saturated heterocycles. The topological polar surface area (TPSA) is 63.2 Å². The van der Waals surface area contributed by atoms with Gasteiger partial charge in [0.25, 0.3) is 0 Å². The minimum Gasteiger partial charge on any atom is -0.461 e. The highest BCUT2D eigenvalue weighted by atomic mass is 16.5. The van der Waals surface area contributed by atoms with Crippen LogP contribution in [-0.2, 0) is 0 Å². The molecule has 118 valence electrons. The summed E-state index contributed by atoms with van der Waals surface area (Å²) in [6, 6.07) is 0.398. The van der Waals surface area contributed by atoms with Gasteiger partial charge in [0.1, 0.15) is 0 Å². The summed E-state index contributed by atoms with van der Waals surface area (Å²) < 4.78 is 5.62. The van der Waals surface area contributed by atoms with Crippen LogP contribution >= 0.6 is 0 Å². The molecule has 1 aromatic rings. The molecule has 0 aromatic carbocycles. The Hall–Kier alpha value is -1.59. The molecule has 0 saturated carbocycles. The summed E-state index contributed by atoms with van der Waals surface area (Å²) in [5, 5.41) is 2.98. The first-order valence-corrected chi connectivity index (χ1v) is 7.97. The van der Waals surface area contributed by atoms with E-state index in [9.17, 15) is 0 Å². The second kappa shape index (κ2) is 7.43. The number of nitrogens with zero attached hydrogens (tertiary/aromatic N) is 4. The van der Waals surface area contributed by atoms with E-state index in [0.29, 0.717) is 12.0 Å². The molecule has 0 aliphatic carbocycles. The van der Waals surface area contributed by atoms with Crippen molar-refractivity contribution in [1.29, 1.82) is 0 Å². The zero-order valence-corrected chi connectivity index (χ0v) is 13.6. The largest absolute Gasteiger partial charge is 0.461 e. The standard InChI is InChI=1S/C15H27N5O/c1-5-6-12-7-9-20(10-8-12)14-17-13(16-4)18-15(19-14)21-11(2)3/h11-12H,5-10H2,1-4H3,(H,16,17,18,19). The second-order valence-electron chi connectivity index (χ2n) is 5.88.